The molecule has 238 valence electrons. The van der Waals surface area contributed by atoms with Gasteiger partial charge >= 0.3 is 0 Å². The first kappa shape index (κ1) is 34.5. The second-order valence-corrected chi connectivity index (χ2v) is 12.8. The van der Waals surface area contributed by atoms with Crippen LogP contribution >= 0.6 is 15.9 Å². The van der Waals surface area contributed by atoms with Gasteiger partial charge in [0.2, 0.25) is 11.8 Å². The molecule has 1 atom stereocenters. The number of hydrogen-bond donors (Lipinski definition) is 1. The van der Waals surface area contributed by atoms with E-state index in [1.54, 1.807) is 19.1 Å². The molecular weight excluding hydrogens is 654 g/mol. The van der Waals surface area contributed by atoms with Gasteiger partial charge in [0.05, 0.1) is 39.0 Å². The minimum atomic E-state index is -4.43. The number of anilines is 1. The number of methoxy groups -OCH3 is 4. The number of nitrogens with one attached hydrogen (secondary N) is 1. The molecule has 13 heteroatoms. The van der Waals surface area contributed by atoms with Crippen LogP contribution in [0.15, 0.2) is 70.0 Å². The van der Waals surface area contributed by atoms with Crippen molar-refractivity contribution in [1.82, 2.24) is 10.2 Å². The van der Waals surface area contributed by atoms with Crippen LogP contribution in [0.1, 0.15) is 26.3 Å². The number of carbonyl (C=O) groups is 2. The molecule has 0 spiro atoms. The molecule has 2 amide bonds. The number of amides is 2. The number of hydrogen-bond acceptors (Lipinski definition) is 8. The van der Waals surface area contributed by atoms with Gasteiger partial charge in [0.25, 0.3) is 10.0 Å². The summed E-state index contributed by atoms with van der Waals surface area (Å²) in [5.41, 5.74) is 0.817. The molecule has 0 heterocycles. The van der Waals surface area contributed by atoms with Gasteiger partial charge in [0.1, 0.15) is 24.1 Å². The molecule has 0 saturated heterocycles. The summed E-state index contributed by atoms with van der Waals surface area (Å²) in [6.45, 7) is 4.64. The molecule has 3 aromatic carbocycles. The minimum Gasteiger partial charge on any atom is -0.497 e. The molecule has 0 aromatic heterocycles. The molecule has 0 radical (unpaired) electrons. The van der Waals surface area contributed by atoms with Crippen LogP contribution in [0.3, 0.4) is 0 Å². The van der Waals surface area contributed by atoms with Crippen molar-refractivity contribution in [3.05, 3.63) is 70.7 Å². The maximum absolute atomic E-state index is 14.3. The molecule has 0 fully saturated rings. The molecule has 3 rings (SSSR count). The lowest BCUT2D eigenvalue weighted by Gasteiger charge is -2.32. The van der Waals surface area contributed by atoms with Crippen LogP contribution in [-0.2, 0) is 26.2 Å². The molecule has 0 unspecified atom stereocenters. The zero-order chi connectivity index (χ0) is 32.6. The quantitative estimate of drug-likeness (QED) is 0.260. The third-order valence-corrected chi connectivity index (χ3v) is 9.03. The molecule has 0 aliphatic carbocycles. The summed E-state index contributed by atoms with van der Waals surface area (Å²) in [5, 5.41) is 2.84. The average molecular weight is 693 g/mol. The summed E-state index contributed by atoms with van der Waals surface area (Å²) in [5.74, 6) is 0.0591. The van der Waals surface area contributed by atoms with Gasteiger partial charge in [-0.2, -0.15) is 0 Å². The normalized spacial score (nSPS) is 11.8. The monoisotopic (exact) mass is 691 g/mol. The standard InChI is InChI=1S/C31H38BrN3O8S/c1-20(2)33-31(37)21(3)34(18-22-8-10-23(32)11-9-22)30(36)19-35(26-16-24(40-4)12-14-27(26)41-5)44(38,39)25-13-15-28(42-6)29(17-25)43-7/h8-17,20-21H,18-19H2,1-7H3,(H,33,37)/t21-/m1/s1. The molecule has 0 saturated carbocycles. The first-order valence-corrected chi connectivity index (χ1v) is 15.9. The molecule has 0 aliphatic rings. The van der Waals surface area contributed by atoms with Crippen LogP contribution in [0.2, 0.25) is 0 Å². The summed E-state index contributed by atoms with van der Waals surface area (Å²) >= 11 is 3.41. The van der Waals surface area contributed by atoms with Gasteiger partial charge in [-0.1, -0.05) is 28.1 Å². The second-order valence-electron chi connectivity index (χ2n) is 10.1. The third kappa shape index (κ3) is 8.14. The Balaban J connectivity index is 2.17. The molecule has 44 heavy (non-hydrogen) atoms. The average Bonchev–Trinajstić information content (AvgIpc) is 3.01. The van der Waals surface area contributed by atoms with Gasteiger partial charge in [-0.25, -0.2) is 8.42 Å². The predicted molar refractivity (Wildman–Crippen MR) is 171 cm³/mol. The highest BCUT2D eigenvalue weighted by atomic mass is 79.9. The number of halogens is 1. The first-order chi connectivity index (χ1) is 20.9. The second kappa shape index (κ2) is 15.2. The fraction of sp³-hybridized carbons (Fsp3) is 0.355. The summed E-state index contributed by atoms with van der Waals surface area (Å²) in [4.78, 5) is 28.5. The Morgan fingerprint density at radius 2 is 1.43 bits per heavy atom. The lowest BCUT2D eigenvalue weighted by molar-refractivity contribution is -0.139. The zero-order valence-electron chi connectivity index (χ0n) is 25.8. The number of rotatable bonds is 14. The van der Waals surface area contributed by atoms with E-state index in [1.807, 2.05) is 38.1 Å². The number of benzene rings is 3. The van der Waals surface area contributed by atoms with E-state index in [0.717, 1.165) is 14.3 Å². The Labute approximate surface area is 267 Å². The van der Waals surface area contributed by atoms with E-state index in [4.69, 9.17) is 18.9 Å². The van der Waals surface area contributed by atoms with Gasteiger partial charge in [0, 0.05) is 29.2 Å². The molecule has 11 nitrogen and oxygen atoms in total. The van der Waals surface area contributed by atoms with Crippen LogP contribution < -0.4 is 28.6 Å². The van der Waals surface area contributed by atoms with Crippen molar-refractivity contribution in [3.8, 4) is 23.0 Å². The van der Waals surface area contributed by atoms with E-state index in [0.29, 0.717) is 11.5 Å². The Bertz CT molecular complexity index is 1560. The lowest BCUT2D eigenvalue weighted by Crippen LogP contribution is -2.52. The predicted octanol–water partition coefficient (Wildman–Crippen LogP) is 4.62. The van der Waals surface area contributed by atoms with Crippen molar-refractivity contribution >= 4 is 43.5 Å². The minimum absolute atomic E-state index is 0.0539. The Morgan fingerprint density at radius 1 is 0.818 bits per heavy atom. The number of nitrogens with zero attached hydrogens (tertiary/aromatic N) is 2. The van der Waals surface area contributed by atoms with Crippen LogP contribution in [0.5, 0.6) is 23.0 Å². The van der Waals surface area contributed by atoms with Crippen LogP contribution in [0, 0.1) is 0 Å². The highest BCUT2D eigenvalue weighted by Gasteiger charge is 2.34. The highest BCUT2D eigenvalue weighted by molar-refractivity contribution is 9.10. The maximum Gasteiger partial charge on any atom is 0.265 e. The summed E-state index contributed by atoms with van der Waals surface area (Å²) in [6.07, 6.45) is 0. The summed E-state index contributed by atoms with van der Waals surface area (Å²) < 4.78 is 52.0. The van der Waals surface area contributed by atoms with Gasteiger partial charge < -0.3 is 29.2 Å². The molecule has 0 aliphatic heterocycles. The van der Waals surface area contributed by atoms with E-state index < -0.39 is 28.5 Å². The van der Waals surface area contributed by atoms with Crippen LogP contribution in [0.4, 0.5) is 5.69 Å². The maximum atomic E-state index is 14.3. The molecule has 0 bridgehead atoms. The van der Waals surface area contributed by atoms with Gasteiger partial charge in [-0.3, -0.25) is 13.9 Å². The topological polar surface area (TPSA) is 124 Å². The number of sulfonamides is 1. The first-order valence-electron chi connectivity index (χ1n) is 13.7. The van der Waals surface area contributed by atoms with Crippen molar-refractivity contribution in [2.45, 2.75) is 44.3 Å². The number of ether oxygens (including phenoxy) is 4. The van der Waals surface area contributed by atoms with E-state index in [1.165, 1.54) is 57.6 Å². The van der Waals surface area contributed by atoms with E-state index in [2.05, 4.69) is 21.2 Å². The third-order valence-electron chi connectivity index (χ3n) is 6.74. The van der Waals surface area contributed by atoms with Gasteiger partial charge in [-0.05, 0) is 62.7 Å². The fourth-order valence-electron chi connectivity index (χ4n) is 4.38. The Morgan fingerprint density at radius 3 is 2.00 bits per heavy atom. The van der Waals surface area contributed by atoms with E-state index in [-0.39, 0.29) is 40.6 Å². The van der Waals surface area contributed by atoms with Crippen molar-refractivity contribution in [2.75, 3.05) is 39.3 Å². The van der Waals surface area contributed by atoms with Crippen LogP contribution in [0.25, 0.3) is 0 Å². The molecule has 3 aromatic rings. The summed E-state index contributed by atoms with van der Waals surface area (Å²) in [7, 11) is 1.24. The number of carbonyl (C=O) groups excluding carboxylic acids is 2. The highest BCUT2D eigenvalue weighted by Crippen LogP contribution is 2.37. The Kier molecular flexibility index (Phi) is 11.9. The smallest absolute Gasteiger partial charge is 0.265 e. The largest absolute Gasteiger partial charge is 0.497 e. The van der Waals surface area contributed by atoms with Gasteiger partial charge in [0.15, 0.2) is 11.5 Å². The van der Waals surface area contributed by atoms with Crippen molar-refractivity contribution < 1.29 is 37.0 Å². The van der Waals surface area contributed by atoms with Crippen molar-refractivity contribution in [3.63, 3.8) is 0 Å². The fourth-order valence-corrected chi connectivity index (χ4v) is 6.08. The molecular formula is C31H38BrN3O8S. The van der Waals surface area contributed by atoms with E-state index >= 15 is 0 Å². The van der Waals surface area contributed by atoms with E-state index in [9.17, 15) is 18.0 Å². The SMILES string of the molecule is COc1ccc(OC)c(N(CC(=O)N(Cc2ccc(Br)cc2)[C@H](C)C(=O)NC(C)C)S(=O)(=O)c2ccc(OC)c(OC)c2)c1. The Hall–Kier alpha value is -3.97. The summed E-state index contributed by atoms with van der Waals surface area (Å²) in [6, 6.07) is 15.0. The molecule has 1 N–H and O–H groups in total. The lowest BCUT2D eigenvalue weighted by atomic mass is 10.1. The van der Waals surface area contributed by atoms with Crippen molar-refractivity contribution in [1.29, 1.82) is 0 Å². The van der Waals surface area contributed by atoms with Crippen molar-refractivity contribution in [2.24, 2.45) is 0 Å². The zero-order valence-corrected chi connectivity index (χ0v) is 28.2. The van der Waals surface area contributed by atoms with Gasteiger partial charge in [-0.15, -0.1) is 0 Å². The van der Waals surface area contributed by atoms with Crippen LogP contribution in [-0.4, -0.2) is 72.2 Å².